The molecule has 0 aliphatic carbocycles. The largest absolute Gasteiger partial charge is 0.308 e. The monoisotopic (exact) mass is 284 g/mol. The Kier molecular flexibility index (Phi) is 3.96. The van der Waals surface area contributed by atoms with Gasteiger partial charge in [-0.25, -0.2) is 4.68 Å². The molecule has 0 aliphatic rings. The van der Waals surface area contributed by atoms with E-state index in [-0.39, 0.29) is 0 Å². The lowest BCUT2D eigenvalue weighted by Gasteiger charge is -2.06. The van der Waals surface area contributed by atoms with Crippen molar-refractivity contribution in [2.24, 2.45) is 0 Å². The maximum Gasteiger partial charge on any atom is 0.113 e. The van der Waals surface area contributed by atoms with Crippen molar-refractivity contribution >= 4 is 34.5 Å². The Morgan fingerprint density at radius 1 is 1.20 bits per heavy atom. The van der Waals surface area contributed by atoms with Crippen molar-refractivity contribution in [1.29, 1.82) is 5.41 Å². The van der Waals surface area contributed by atoms with Crippen LogP contribution in [0.25, 0.3) is 16.7 Å². The van der Waals surface area contributed by atoms with Gasteiger partial charge < -0.3 is 5.41 Å². The topological polar surface area (TPSA) is 54.6 Å². The highest BCUT2D eigenvalue weighted by Gasteiger charge is 2.09. The number of aromatic nitrogens is 3. The Morgan fingerprint density at radius 3 is 2.60 bits per heavy atom. The van der Waals surface area contributed by atoms with Gasteiger partial charge in [-0.05, 0) is 29.4 Å². The van der Waals surface area contributed by atoms with Crippen LogP contribution in [-0.2, 0) is 0 Å². The van der Waals surface area contributed by atoms with E-state index in [1.54, 1.807) is 10.8 Å². The number of hydrogen-bond acceptors (Lipinski definition) is 3. The van der Waals surface area contributed by atoms with Crippen LogP contribution in [0.2, 0.25) is 0 Å². The second-order valence-corrected chi connectivity index (χ2v) is 4.53. The third kappa shape index (κ3) is 2.60. The molecule has 0 saturated heterocycles. The average molecular weight is 285 g/mol. The summed E-state index contributed by atoms with van der Waals surface area (Å²) in [5, 5.41) is 15.6. The predicted octanol–water partition coefficient (Wildman–Crippen LogP) is 3.79. The van der Waals surface area contributed by atoms with Crippen molar-refractivity contribution in [2.75, 3.05) is 0 Å². The standard InChI is InChI=1S/C15H13ClN4/c1-10(11(2)9-17)8-13(16)12(3)20-15-7-5-4-6-14(15)18-19-20/h4-9,17H,1-3H2/b13-8+,17-9?. The maximum absolute atomic E-state index is 7.13. The Balaban J connectivity index is 2.36. The molecule has 1 heterocycles. The van der Waals surface area contributed by atoms with Crippen LogP contribution in [0.4, 0.5) is 0 Å². The fraction of sp³-hybridized carbons (Fsp3) is 0. The van der Waals surface area contributed by atoms with E-state index in [4.69, 9.17) is 17.0 Å². The molecule has 0 bridgehead atoms. The average Bonchev–Trinajstić information content (AvgIpc) is 2.89. The summed E-state index contributed by atoms with van der Waals surface area (Å²) < 4.78 is 1.56. The van der Waals surface area contributed by atoms with Gasteiger partial charge in [0, 0.05) is 6.21 Å². The molecule has 1 N–H and O–H groups in total. The van der Waals surface area contributed by atoms with E-state index in [0.717, 1.165) is 17.2 Å². The SMILES string of the molecule is C=C(C=N)C(=C)/C=C(/Cl)C(=C)n1nnc2ccccc21. The van der Waals surface area contributed by atoms with Crippen LogP contribution < -0.4 is 0 Å². The Labute approximate surface area is 121 Å². The fourth-order valence-corrected chi connectivity index (χ4v) is 1.80. The van der Waals surface area contributed by atoms with E-state index in [2.05, 4.69) is 30.0 Å². The van der Waals surface area contributed by atoms with Gasteiger partial charge in [0.1, 0.15) is 5.52 Å². The van der Waals surface area contributed by atoms with Gasteiger partial charge in [-0.2, -0.15) is 0 Å². The number of nitrogens with one attached hydrogen (secondary N) is 1. The third-order valence-corrected chi connectivity index (χ3v) is 3.10. The van der Waals surface area contributed by atoms with E-state index in [1.807, 2.05) is 24.3 Å². The molecule has 2 aromatic rings. The lowest BCUT2D eigenvalue weighted by Crippen LogP contribution is -1.99. The lowest BCUT2D eigenvalue weighted by atomic mass is 10.1. The molecule has 0 fully saturated rings. The van der Waals surface area contributed by atoms with Crippen molar-refractivity contribution in [3.05, 3.63) is 66.3 Å². The molecule has 0 unspecified atom stereocenters. The minimum atomic E-state index is 0.369. The van der Waals surface area contributed by atoms with Crippen molar-refractivity contribution in [3.8, 4) is 0 Å². The highest BCUT2D eigenvalue weighted by Crippen LogP contribution is 2.23. The summed E-state index contributed by atoms with van der Waals surface area (Å²) in [5.41, 5.74) is 3.11. The van der Waals surface area contributed by atoms with Gasteiger partial charge in [0.15, 0.2) is 0 Å². The summed E-state index contributed by atoms with van der Waals surface area (Å²) in [4.78, 5) is 0. The molecule has 5 heteroatoms. The van der Waals surface area contributed by atoms with Crippen molar-refractivity contribution in [2.45, 2.75) is 0 Å². The number of nitrogens with zero attached hydrogens (tertiary/aromatic N) is 3. The minimum absolute atomic E-state index is 0.369. The molecule has 0 aliphatic heterocycles. The molecule has 1 aromatic carbocycles. The van der Waals surface area contributed by atoms with Crippen LogP contribution in [-0.4, -0.2) is 21.2 Å². The number of halogens is 1. The number of rotatable bonds is 5. The van der Waals surface area contributed by atoms with Crippen LogP contribution in [0.3, 0.4) is 0 Å². The molecule has 4 nitrogen and oxygen atoms in total. The molecule has 2 rings (SSSR count). The van der Waals surface area contributed by atoms with Crippen LogP contribution in [0, 0.1) is 5.41 Å². The zero-order valence-corrected chi connectivity index (χ0v) is 11.6. The summed E-state index contributed by atoms with van der Waals surface area (Å²) in [6.45, 7) is 11.4. The van der Waals surface area contributed by atoms with E-state index in [0.29, 0.717) is 21.9 Å². The lowest BCUT2D eigenvalue weighted by molar-refractivity contribution is 0.844. The van der Waals surface area contributed by atoms with Crippen molar-refractivity contribution < 1.29 is 0 Å². The Hall–Kier alpha value is -2.46. The number of fused-ring (bicyclic) bond motifs is 1. The smallest absolute Gasteiger partial charge is 0.113 e. The maximum atomic E-state index is 7.13. The van der Waals surface area contributed by atoms with Crippen molar-refractivity contribution in [3.63, 3.8) is 0 Å². The number of para-hydroxylation sites is 1. The van der Waals surface area contributed by atoms with Gasteiger partial charge in [-0.1, -0.05) is 48.7 Å². The van der Waals surface area contributed by atoms with Gasteiger partial charge in [0.2, 0.25) is 0 Å². The molecule has 0 amide bonds. The van der Waals surface area contributed by atoms with Gasteiger partial charge in [0.05, 0.1) is 16.2 Å². The zero-order valence-electron chi connectivity index (χ0n) is 10.8. The molecular weight excluding hydrogens is 272 g/mol. The van der Waals surface area contributed by atoms with Crippen LogP contribution in [0.15, 0.2) is 66.3 Å². The van der Waals surface area contributed by atoms with Gasteiger partial charge >= 0.3 is 0 Å². The van der Waals surface area contributed by atoms with E-state index < -0.39 is 0 Å². The molecule has 0 spiro atoms. The highest BCUT2D eigenvalue weighted by molar-refractivity contribution is 6.36. The van der Waals surface area contributed by atoms with Gasteiger partial charge in [-0.15, -0.1) is 5.10 Å². The predicted molar refractivity (Wildman–Crippen MR) is 83.9 cm³/mol. The minimum Gasteiger partial charge on any atom is -0.308 e. The first-order valence-electron chi connectivity index (χ1n) is 5.80. The van der Waals surface area contributed by atoms with Crippen molar-refractivity contribution in [1.82, 2.24) is 15.0 Å². The molecule has 0 atom stereocenters. The van der Waals surface area contributed by atoms with E-state index >= 15 is 0 Å². The summed E-state index contributed by atoms with van der Waals surface area (Å²) in [7, 11) is 0. The van der Waals surface area contributed by atoms with Crippen LogP contribution >= 0.6 is 11.6 Å². The fourth-order valence-electron chi connectivity index (χ4n) is 1.59. The first kappa shape index (κ1) is 14.0. The molecular formula is C15H13ClN4. The normalized spacial score (nSPS) is 11.3. The van der Waals surface area contributed by atoms with Gasteiger partial charge in [0.25, 0.3) is 0 Å². The van der Waals surface area contributed by atoms with Gasteiger partial charge in [-0.3, -0.25) is 0 Å². The van der Waals surface area contributed by atoms with E-state index in [1.165, 1.54) is 0 Å². The molecule has 100 valence electrons. The number of benzene rings is 1. The second kappa shape index (κ2) is 5.67. The summed E-state index contributed by atoms with van der Waals surface area (Å²) in [6, 6.07) is 7.52. The van der Waals surface area contributed by atoms with E-state index in [9.17, 15) is 0 Å². The van der Waals surface area contributed by atoms with Crippen LogP contribution in [0.5, 0.6) is 0 Å². The molecule has 0 radical (unpaired) electrons. The molecule has 0 saturated carbocycles. The summed E-state index contributed by atoms with van der Waals surface area (Å²) in [6.07, 6.45) is 2.73. The Morgan fingerprint density at radius 2 is 1.90 bits per heavy atom. The number of allylic oxidation sites excluding steroid dienone is 5. The van der Waals surface area contributed by atoms with Crippen LogP contribution in [0.1, 0.15) is 0 Å². The summed E-state index contributed by atoms with van der Waals surface area (Å²) in [5.74, 6) is 0. The first-order chi connectivity index (χ1) is 9.54. The molecule has 1 aromatic heterocycles. The summed E-state index contributed by atoms with van der Waals surface area (Å²) >= 11 is 6.21. The third-order valence-electron chi connectivity index (χ3n) is 2.77. The second-order valence-electron chi connectivity index (χ2n) is 4.12. The zero-order chi connectivity index (χ0) is 14.7. The first-order valence-corrected chi connectivity index (χ1v) is 6.18. The molecule has 20 heavy (non-hydrogen) atoms. The Bertz CT molecular complexity index is 752. The quantitative estimate of drug-likeness (QED) is 0.671. The highest BCUT2D eigenvalue weighted by atomic mass is 35.5. The number of hydrogen-bond donors (Lipinski definition) is 1.